The number of methoxy groups -OCH3 is 1. The topological polar surface area (TPSA) is 60.2 Å². The standard InChI is InChI=1S/C19H25ClN4O2S/c1-26-13-12-24-18(15-6-8-16(20)9-7-15)21-22-19(24)27-14-17(25)23-10-4-2-3-5-11-23/h6-9H,2-5,10-14H2,1H3. The fourth-order valence-electron chi connectivity index (χ4n) is 3.13. The van der Waals surface area contributed by atoms with E-state index in [1.165, 1.54) is 24.6 Å². The predicted molar refractivity (Wildman–Crippen MR) is 108 cm³/mol. The molecule has 1 aromatic heterocycles. The van der Waals surface area contributed by atoms with Crippen molar-refractivity contribution in [1.29, 1.82) is 0 Å². The van der Waals surface area contributed by atoms with Gasteiger partial charge in [0.15, 0.2) is 11.0 Å². The van der Waals surface area contributed by atoms with Gasteiger partial charge in [0, 0.05) is 30.8 Å². The molecule has 0 atom stereocenters. The lowest BCUT2D eigenvalue weighted by Gasteiger charge is -2.19. The highest BCUT2D eigenvalue weighted by atomic mass is 35.5. The maximum Gasteiger partial charge on any atom is 0.233 e. The van der Waals surface area contributed by atoms with Crippen molar-refractivity contribution in [3.05, 3.63) is 29.3 Å². The average Bonchev–Trinajstić information content (AvgIpc) is 2.89. The SMILES string of the molecule is COCCn1c(SCC(=O)N2CCCCCC2)nnc1-c1ccc(Cl)cc1. The van der Waals surface area contributed by atoms with Gasteiger partial charge in [-0.1, -0.05) is 36.2 Å². The number of thioether (sulfide) groups is 1. The molecule has 3 rings (SSSR count). The molecule has 146 valence electrons. The third-order valence-electron chi connectivity index (χ3n) is 4.62. The summed E-state index contributed by atoms with van der Waals surface area (Å²) in [5.74, 6) is 1.32. The van der Waals surface area contributed by atoms with Crippen LogP contribution in [-0.4, -0.2) is 58.1 Å². The highest BCUT2D eigenvalue weighted by molar-refractivity contribution is 7.99. The van der Waals surface area contributed by atoms with Gasteiger partial charge in [-0.05, 0) is 37.1 Å². The van der Waals surface area contributed by atoms with Gasteiger partial charge in [0.05, 0.1) is 18.9 Å². The molecule has 0 saturated carbocycles. The zero-order chi connectivity index (χ0) is 19.1. The lowest BCUT2D eigenvalue weighted by molar-refractivity contribution is -0.128. The fourth-order valence-corrected chi connectivity index (χ4v) is 4.12. The number of aromatic nitrogens is 3. The second-order valence-electron chi connectivity index (χ2n) is 6.54. The Bertz CT molecular complexity index is 743. The summed E-state index contributed by atoms with van der Waals surface area (Å²) in [6.07, 6.45) is 4.63. The van der Waals surface area contributed by atoms with Crippen molar-refractivity contribution >= 4 is 29.3 Å². The number of amides is 1. The molecule has 1 aliphatic heterocycles. The number of carbonyl (C=O) groups is 1. The summed E-state index contributed by atoms with van der Waals surface area (Å²) < 4.78 is 7.24. The van der Waals surface area contributed by atoms with Crippen molar-refractivity contribution in [2.75, 3.05) is 32.6 Å². The number of benzene rings is 1. The summed E-state index contributed by atoms with van der Waals surface area (Å²) in [5, 5.41) is 10.1. The summed E-state index contributed by atoms with van der Waals surface area (Å²) in [6, 6.07) is 7.52. The van der Waals surface area contributed by atoms with Crippen LogP contribution in [-0.2, 0) is 16.1 Å². The monoisotopic (exact) mass is 408 g/mol. The van der Waals surface area contributed by atoms with Gasteiger partial charge in [-0.3, -0.25) is 9.36 Å². The van der Waals surface area contributed by atoms with E-state index in [-0.39, 0.29) is 5.91 Å². The minimum Gasteiger partial charge on any atom is -0.383 e. The first kappa shape index (κ1) is 20.2. The van der Waals surface area contributed by atoms with Crippen molar-refractivity contribution in [2.45, 2.75) is 37.4 Å². The van der Waals surface area contributed by atoms with Crippen LogP contribution >= 0.6 is 23.4 Å². The Morgan fingerprint density at radius 3 is 2.52 bits per heavy atom. The van der Waals surface area contributed by atoms with Crippen LogP contribution in [0.1, 0.15) is 25.7 Å². The molecule has 0 N–H and O–H groups in total. The normalized spacial score (nSPS) is 15.0. The summed E-state index contributed by atoms with van der Waals surface area (Å²) in [5.41, 5.74) is 0.939. The lowest BCUT2D eigenvalue weighted by atomic mass is 10.2. The van der Waals surface area contributed by atoms with Gasteiger partial charge in [0.2, 0.25) is 5.91 Å². The molecule has 1 saturated heterocycles. The fraction of sp³-hybridized carbons (Fsp3) is 0.526. The lowest BCUT2D eigenvalue weighted by Crippen LogP contribution is -2.33. The second-order valence-corrected chi connectivity index (χ2v) is 7.92. The Balaban J connectivity index is 1.72. The van der Waals surface area contributed by atoms with Crippen LogP contribution in [0.2, 0.25) is 5.02 Å². The number of hydrogen-bond acceptors (Lipinski definition) is 5. The molecule has 0 bridgehead atoms. The molecule has 1 aliphatic rings. The summed E-state index contributed by atoms with van der Waals surface area (Å²) >= 11 is 7.43. The third-order valence-corrected chi connectivity index (χ3v) is 5.83. The maximum atomic E-state index is 12.6. The Morgan fingerprint density at radius 2 is 1.85 bits per heavy atom. The van der Waals surface area contributed by atoms with Crippen LogP contribution in [0.5, 0.6) is 0 Å². The first-order valence-corrected chi connectivity index (χ1v) is 10.6. The molecule has 1 aromatic carbocycles. The van der Waals surface area contributed by atoms with E-state index in [1.807, 2.05) is 33.7 Å². The van der Waals surface area contributed by atoms with Crippen LogP contribution < -0.4 is 0 Å². The average molecular weight is 409 g/mol. The van der Waals surface area contributed by atoms with Crippen LogP contribution in [0.25, 0.3) is 11.4 Å². The number of rotatable bonds is 7. The van der Waals surface area contributed by atoms with E-state index in [9.17, 15) is 4.79 Å². The third kappa shape index (κ3) is 5.46. The molecule has 1 amide bonds. The Kier molecular flexibility index (Phi) is 7.55. The van der Waals surface area contributed by atoms with E-state index in [4.69, 9.17) is 16.3 Å². The predicted octanol–water partition coefficient (Wildman–Crippen LogP) is 3.74. The van der Waals surface area contributed by atoms with Gasteiger partial charge in [-0.2, -0.15) is 0 Å². The molecular weight excluding hydrogens is 384 g/mol. The first-order valence-electron chi connectivity index (χ1n) is 9.27. The highest BCUT2D eigenvalue weighted by Crippen LogP contribution is 2.25. The molecule has 2 heterocycles. The number of hydrogen-bond donors (Lipinski definition) is 0. The number of ether oxygens (including phenoxy) is 1. The number of likely N-dealkylation sites (tertiary alicyclic amines) is 1. The van der Waals surface area contributed by atoms with E-state index >= 15 is 0 Å². The van der Waals surface area contributed by atoms with Gasteiger partial charge in [0.1, 0.15) is 0 Å². The van der Waals surface area contributed by atoms with E-state index < -0.39 is 0 Å². The van der Waals surface area contributed by atoms with E-state index in [0.717, 1.165) is 42.5 Å². The molecule has 1 fully saturated rings. The molecule has 0 unspecified atom stereocenters. The Labute approximate surface area is 169 Å². The smallest absolute Gasteiger partial charge is 0.233 e. The molecule has 0 spiro atoms. The molecule has 0 radical (unpaired) electrons. The van der Waals surface area contributed by atoms with Crippen molar-refractivity contribution < 1.29 is 9.53 Å². The van der Waals surface area contributed by atoms with Gasteiger partial charge in [0.25, 0.3) is 0 Å². The van der Waals surface area contributed by atoms with Gasteiger partial charge in [-0.25, -0.2) is 0 Å². The van der Waals surface area contributed by atoms with Crippen LogP contribution in [0.3, 0.4) is 0 Å². The van der Waals surface area contributed by atoms with E-state index in [2.05, 4.69) is 10.2 Å². The quantitative estimate of drug-likeness (QED) is 0.653. The molecule has 8 heteroatoms. The maximum absolute atomic E-state index is 12.6. The Morgan fingerprint density at radius 1 is 1.15 bits per heavy atom. The Hall–Kier alpha value is -1.57. The number of nitrogens with zero attached hydrogens (tertiary/aromatic N) is 4. The van der Waals surface area contributed by atoms with Gasteiger partial charge >= 0.3 is 0 Å². The van der Waals surface area contributed by atoms with Gasteiger partial charge in [-0.15, -0.1) is 10.2 Å². The summed E-state index contributed by atoms with van der Waals surface area (Å²) in [7, 11) is 1.67. The first-order chi connectivity index (χ1) is 13.2. The molecule has 27 heavy (non-hydrogen) atoms. The number of halogens is 1. The minimum atomic E-state index is 0.177. The second kappa shape index (κ2) is 10.1. The van der Waals surface area contributed by atoms with Crippen molar-refractivity contribution in [1.82, 2.24) is 19.7 Å². The van der Waals surface area contributed by atoms with Crippen molar-refractivity contribution in [2.24, 2.45) is 0 Å². The van der Waals surface area contributed by atoms with E-state index in [0.29, 0.717) is 23.9 Å². The van der Waals surface area contributed by atoms with E-state index in [1.54, 1.807) is 7.11 Å². The highest BCUT2D eigenvalue weighted by Gasteiger charge is 2.19. The summed E-state index contributed by atoms with van der Waals surface area (Å²) in [4.78, 5) is 14.6. The minimum absolute atomic E-state index is 0.177. The van der Waals surface area contributed by atoms with Crippen LogP contribution in [0.4, 0.5) is 0 Å². The summed E-state index contributed by atoms with van der Waals surface area (Å²) in [6.45, 7) is 2.91. The largest absolute Gasteiger partial charge is 0.383 e. The molecule has 2 aromatic rings. The molecule has 6 nitrogen and oxygen atoms in total. The van der Waals surface area contributed by atoms with Crippen molar-refractivity contribution in [3.8, 4) is 11.4 Å². The van der Waals surface area contributed by atoms with Gasteiger partial charge < -0.3 is 9.64 Å². The molecule has 0 aliphatic carbocycles. The zero-order valence-corrected chi connectivity index (χ0v) is 17.1. The molecular formula is C19H25ClN4O2S. The van der Waals surface area contributed by atoms with Crippen LogP contribution in [0.15, 0.2) is 29.4 Å². The van der Waals surface area contributed by atoms with Crippen LogP contribution in [0, 0.1) is 0 Å². The zero-order valence-electron chi connectivity index (χ0n) is 15.6. The van der Waals surface area contributed by atoms with Crippen molar-refractivity contribution in [3.63, 3.8) is 0 Å². The number of carbonyl (C=O) groups excluding carboxylic acids is 1.